The lowest BCUT2D eigenvalue weighted by atomic mass is 9.74. The summed E-state index contributed by atoms with van der Waals surface area (Å²) in [6, 6.07) is 55.0. The lowest BCUT2D eigenvalue weighted by Gasteiger charge is -2.28. The van der Waals surface area contributed by atoms with E-state index in [0.29, 0.717) is 0 Å². The third kappa shape index (κ3) is 3.46. The first-order chi connectivity index (χ1) is 21.2. The summed E-state index contributed by atoms with van der Waals surface area (Å²) in [5, 5.41) is 2.39. The van der Waals surface area contributed by atoms with E-state index in [4.69, 9.17) is 4.74 Å². The largest absolute Gasteiger partial charge is 0.456 e. The summed E-state index contributed by atoms with van der Waals surface area (Å²) in [4.78, 5) is 0. The van der Waals surface area contributed by atoms with Crippen LogP contribution in [0, 0.1) is 0 Å². The molecule has 0 fully saturated rings. The Balaban J connectivity index is 1.14. The van der Waals surface area contributed by atoms with Gasteiger partial charge in [-0.05, 0) is 86.1 Å². The Morgan fingerprint density at radius 2 is 1.09 bits per heavy atom. The fourth-order valence-electron chi connectivity index (χ4n) is 7.45. The number of hydrogen-bond donors (Lipinski definition) is 0. The molecule has 0 N–H and O–H groups in total. The molecule has 1 heterocycles. The van der Waals surface area contributed by atoms with Gasteiger partial charge in [0.1, 0.15) is 11.5 Å². The van der Waals surface area contributed by atoms with E-state index in [9.17, 15) is 0 Å². The van der Waals surface area contributed by atoms with Gasteiger partial charge in [-0.15, -0.1) is 0 Å². The average Bonchev–Trinajstić information content (AvgIpc) is 3.35. The van der Waals surface area contributed by atoms with E-state index in [0.717, 1.165) is 17.1 Å². The van der Waals surface area contributed by atoms with Gasteiger partial charge in [0.15, 0.2) is 0 Å². The second-order valence-corrected chi connectivity index (χ2v) is 11.8. The predicted octanol–water partition coefficient (Wildman–Crippen LogP) is 11.3. The van der Waals surface area contributed by atoms with E-state index in [-0.39, 0.29) is 5.41 Å². The zero-order chi connectivity index (χ0) is 28.5. The SMILES string of the molecule is CC1(c2ccccc2)c2ccccc2-c2c(-c3ccc(-c4ccc5c(c4)-c4cccc6cccc(c46)O5)cc3)cccc21. The second-order valence-electron chi connectivity index (χ2n) is 11.8. The third-order valence-electron chi connectivity index (χ3n) is 9.57. The predicted molar refractivity (Wildman–Crippen MR) is 178 cm³/mol. The van der Waals surface area contributed by atoms with Gasteiger partial charge in [-0.2, -0.15) is 0 Å². The quantitative estimate of drug-likeness (QED) is 0.213. The zero-order valence-electron chi connectivity index (χ0n) is 23.8. The molecule has 202 valence electrons. The summed E-state index contributed by atoms with van der Waals surface area (Å²) in [6.45, 7) is 2.37. The van der Waals surface area contributed by atoms with Gasteiger partial charge in [0.25, 0.3) is 0 Å². The zero-order valence-corrected chi connectivity index (χ0v) is 23.8. The van der Waals surface area contributed by atoms with Gasteiger partial charge < -0.3 is 4.74 Å². The first-order valence-electron chi connectivity index (χ1n) is 14.9. The van der Waals surface area contributed by atoms with Crippen LogP contribution in [0.2, 0.25) is 0 Å². The number of fused-ring (bicyclic) bond motifs is 5. The Labute approximate surface area is 251 Å². The van der Waals surface area contributed by atoms with Crippen molar-refractivity contribution in [3.63, 3.8) is 0 Å². The Kier molecular flexibility index (Phi) is 5.10. The Bertz CT molecular complexity index is 2200. The maximum absolute atomic E-state index is 6.34. The first-order valence-corrected chi connectivity index (χ1v) is 14.9. The molecule has 0 saturated heterocycles. The van der Waals surface area contributed by atoms with Crippen molar-refractivity contribution in [3.05, 3.63) is 168 Å². The summed E-state index contributed by atoms with van der Waals surface area (Å²) in [7, 11) is 0. The molecule has 1 nitrogen and oxygen atoms in total. The topological polar surface area (TPSA) is 9.23 Å². The van der Waals surface area contributed by atoms with Crippen LogP contribution in [-0.2, 0) is 5.41 Å². The van der Waals surface area contributed by atoms with Crippen LogP contribution in [0.15, 0.2) is 152 Å². The lowest BCUT2D eigenvalue weighted by Crippen LogP contribution is -2.22. The standard InChI is InChI=1S/C42H28O/c1-42(31-12-3-2-4-13-31)36-17-6-5-14-34(36)41-32(15-9-18-37(41)42)28-22-20-27(21-23-28)30-24-25-38-35(26-30)33-16-7-10-29-11-8-19-39(43-38)40(29)33/h2-26H,1H3. The van der Waals surface area contributed by atoms with Crippen molar-refractivity contribution < 1.29 is 4.74 Å². The molecule has 2 aliphatic rings. The van der Waals surface area contributed by atoms with Crippen molar-refractivity contribution in [1.82, 2.24) is 0 Å². The van der Waals surface area contributed by atoms with Crippen molar-refractivity contribution in [2.24, 2.45) is 0 Å². The number of hydrogen-bond acceptors (Lipinski definition) is 1. The van der Waals surface area contributed by atoms with Crippen LogP contribution in [0.25, 0.3) is 55.3 Å². The molecule has 0 spiro atoms. The highest BCUT2D eigenvalue weighted by molar-refractivity contribution is 6.04. The fourth-order valence-corrected chi connectivity index (χ4v) is 7.45. The van der Waals surface area contributed by atoms with Gasteiger partial charge >= 0.3 is 0 Å². The smallest absolute Gasteiger partial charge is 0.135 e. The molecule has 1 unspecified atom stereocenters. The van der Waals surface area contributed by atoms with Gasteiger partial charge in [0.05, 0.1) is 0 Å². The molecular formula is C42H28O. The summed E-state index contributed by atoms with van der Waals surface area (Å²) >= 11 is 0. The van der Waals surface area contributed by atoms with Crippen LogP contribution in [0.1, 0.15) is 23.6 Å². The van der Waals surface area contributed by atoms with Crippen molar-refractivity contribution in [1.29, 1.82) is 0 Å². The number of rotatable bonds is 3. The lowest BCUT2D eigenvalue weighted by molar-refractivity contribution is 0.487. The summed E-state index contributed by atoms with van der Waals surface area (Å²) in [5.41, 5.74) is 13.8. The minimum Gasteiger partial charge on any atom is -0.456 e. The van der Waals surface area contributed by atoms with Gasteiger partial charge in [-0.25, -0.2) is 0 Å². The van der Waals surface area contributed by atoms with E-state index < -0.39 is 0 Å². The molecule has 1 aliphatic heterocycles. The normalized spacial score (nSPS) is 15.8. The van der Waals surface area contributed by atoms with Gasteiger partial charge in [-0.1, -0.05) is 133 Å². The Morgan fingerprint density at radius 3 is 1.95 bits per heavy atom. The fraction of sp³-hybridized carbons (Fsp3) is 0.0476. The summed E-state index contributed by atoms with van der Waals surface area (Å²) in [5.74, 6) is 1.84. The highest BCUT2D eigenvalue weighted by Crippen LogP contribution is 2.55. The molecule has 7 aromatic carbocycles. The summed E-state index contributed by atoms with van der Waals surface area (Å²) < 4.78 is 6.34. The molecule has 0 amide bonds. The van der Waals surface area contributed by atoms with Crippen LogP contribution < -0.4 is 4.74 Å². The van der Waals surface area contributed by atoms with Crippen molar-refractivity contribution in [2.75, 3.05) is 0 Å². The first kappa shape index (κ1) is 24.2. The molecular weight excluding hydrogens is 520 g/mol. The molecule has 43 heavy (non-hydrogen) atoms. The Morgan fingerprint density at radius 1 is 0.442 bits per heavy atom. The van der Waals surface area contributed by atoms with Crippen LogP contribution in [-0.4, -0.2) is 0 Å². The van der Waals surface area contributed by atoms with Crippen molar-refractivity contribution in [2.45, 2.75) is 12.3 Å². The van der Waals surface area contributed by atoms with Crippen LogP contribution in [0.3, 0.4) is 0 Å². The highest BCUT2D eigenvalue weighted by atomic mass is 16.5. The van der Waals surface area contributed by atoms with Crippen LogP contribution in [0.4, 0.5) is 0 Å². The Hall–Kier alpha value is -5.40. The number of benzene rings is 7. The molecule has 0 radical (unpaired) electrons. The number of ether oxygens (including phenoxy) is 1. The van der Waals surface area contributed by atoms with Crippen molar-refractivity contribution in [3.8, 4) is 56.0 Å². The molecule has 0 bridgehead atoms. The minimum atomic E-state index is -0.199. The molecule has 1 heteroatoms. The van der Waals surface area contributed by atoms with Crippen LogP contribution >= 0.6 is 0 Å². The molecule has 0 aromatic heterocycles. The molecule has 0 saturated carbocycles. The monoisotopic (exact) mass is 548 g/mol. The van der Waals surface area contributed by atoms with Gasteiger partial charge in [-0.3, -0.25) is 0 Å². The molecule has 1 atom stereocenters. The third-order valence-corrected chi connectivity index (χ3v) is 9.57. The molecule has 1 aliphatic carbocycles. The van der Waals surface area contributed by atoms with E-state index in [1.54, 1.807) is 0 Å². The molecule has 9 rings (SSSR count). The maximum Gasteiger partial charge on any atom is 0.135 e. The van der Waals surface area contributed by atoms with Gasteiger partial charge in [0, 0.05) is 16.4 Å². The van der Waals surface area contributed by atoms with Crippen molar-refractivity contribution >= 4 is 10.8 Å². The van der Waals surface area contributed by atoms with E-state index in [2.05, 4.69) is 159 Å². The van der Waals surface area contributed by atoms with Crippen LogP contribution in [0.5, 0.6) is 11.5 Å². The maximum atomic E-state index is 6.34. The minimum absolute atomic E-state index is 0.199. The van der Waals surface area contributed by atoms with Gasteiger partial charge in [0.2, 0.25) is 0 Å². The molecule has 7 aromatic rings. The second kappa shape index (κ2) is 9.05. The van der Waals surface area contributed by atoms with E-state index in [1.807, 2.05) is 0 Å². The summed E-state index contributed by atoms with van der Waals surface area (Å²) in [6.07, 6.45) is 0. The average molecular weight is 549 g/mol. The van der Waals surface area contributed by atoms with E-state index >= 15 is 0 Å². The van der Waals surface area contributed by atoms with E-state index in [1.165, 1.54) is 66.4 Å². The highest BCUT2D eigenvalue weighted by Gasteiger charge is 2.41.